The zero-order valence-corrected chi connectivity index (χ0v) is 31.6. The predicted octanol–water partition coefficient (Wildman–Crippen LogP) is 14.0. The maximum atomic E-state index is 6.28. The Morgan fingerprint density at radius 2 is 1.00 bits per heavy atom. The first kappa shape index (κ1) is 32.6. The molecule has 0 N–H and O–H groups in total. The lowest BCUT2D eigenvalue weighted by Crippen LogP contribution is -2.15. The first-order valence-corrected chi connectivity index (χ1v) is 19.9. The second-order valence-corrected chi connectivity index (χ2v) is 15.1. The van der Waals surface area contributed by atoms with E-state index in [4.69, 9.17) is 9.72 Å². The van der Waals surface area contributed by atoms with Crippen LogP contribution in [0.25, 0.3) is 72.4 Å². The highest BCUT2D eigenvalue weighted by atomic mass is 16.5. The number of pyridine rings is 1. The molecule has 10 aromatic rings. The highest BCUT2D eigenvalue weighted by Crippen LogP contribution is 2.50. The summed E-state index contributed by atoms with van der Waals surface area (Å²) in [5, 5.41) is 3.78. The fourth-order valence-corrected chi connectivity index (χ4v) is 9.23. The van der Waals surface area contributed by atoms with Crippen LogP contribution in [0.3, 0.4) is 0 Å². The van der Waals surface area contributed by atoms with Crippen LogP contribution < -0.4 is 9.64 Å². The Labute approximate surface area is 336 Å². The summed E-state index contributed by atoms with van der Waals surface area (Å²) in [7, 11) is 0. The average molecular weight is 745 g/mol. The number of fused-ring (bicyclic) bond motifs is 8. The SMILES string of the molecule is C1=Cc2c(n(-c3cc(-c4cncc(-c5ccc(N6c7ccccc7Oc7ccccc76)cc5)c4)cc(-n4c5ccccc5c5ccccc54)c3)c3ccccc23)CC1. The third-order valence-corrected chi connectivity index (χ3v) is 11.8. The molecule has 1 aliphatic carbocycles. The maximum absolute atomic E-state index is 6.28. The van der Waals surface area contributed by atoms with E-state index in [-0.39, 0.29) is 0 Å². The Kier molecular flexibility index (Phi) is 7.29. The van der Waals surface area contributed by atoms with E-state index in [2.05, 4.69) is 172 Å². The van der Waals surface area contributed by atoms with Crippen molar-refractivity contribution in [2.75, 3.05) is 4.90 Å². The Hall–Kier alpha value is -7.63. The van der Waals surface area contributed by atoms with Crippen LogP contribution in [0.5, 0.6) is 11.5 Å². The van der Waals surface area contributed by atoms with Gasteiger partial charge in [0.25, 0.3) is 0 Å². The van der Waals surface area contributed by atoms with Crippen LogP contribution >= 0.6 is 0 Å². The molecule has 0 radical (unpaired) electrons. The van der Waals surface area contributed by atoms with E-state index in [0.29, 0.717) is 0 Å². The lowest BCUT2D eigenvalue weighted by molar-refractivity contribution is 0.477. The Morgan fingerprint density at radius 1 is 0.448 bits per heavy atom. The van der Waals surface area contributed by atoms with Crippen molar-refractivity contribution in [2.45, 2.75) is 12.8 Å². The minimum Gasteiger partial charge on any atom is -0.453 e. The van der Waals surface area contributed by atoms with Gasteiger partial charge in [-0.15, -0.1) is 0 Å². The van der Waals surface area contributed by atoms with Gasteiger partial charge in [0.2, 0.25) is 0 Å². The van der Waals surface area contributed by atoms with Gasteiger partial charge in [-0.1, -0.05) is 103 Å². The maximum Gasteiger partial charge on any atom is 0.151 e. The van der Waals surface area contributed by atoms with Crippen molar-refractivity contribution in [3.8, 4) is 45.1 Å². The predicted molar refractivity (Wildman–Crippen MR) is 238 cm³/mol. The summed E-state index contributed by atoms with van der Waals surface area (Å²) >= 11 is 0. The topological polar surface area (TPSA) is 35.2 Å². The van der Waals surface area contributed by atoms with Gasteiger partial charge in [-0.2, -0.15) is 0 Å². The number of para-hydroxylation sites is 7. The van der Waals surface area contributed by atoms with E-state index >= 15 is 0 Å². The third kappa shape index (κ3) is 5.07. The van der Waals surface area contributed by atoms with Gasteiger partial charge in [-0.3, -0.25) is 4.98 Å². The minimum atomic E-state index is 0.842. The standard InChI is InChI=1S/C53H36N4O/c1-5-17-46-42(13-1)43-14-2-6-18-47(43)56(46)40-30-36(31-41(32-40)57-48-19-7-3-15-44(48)45-16-4-8-20-49(45)57)38-29-37(33-54-34-38)35-25-27-39(28-26-35)55-50-21-9-11-23-52(50)58-53-24-12-10-22-51(53)55/h1-7,9-19,21-34H,8,20H2. The summed E-state index contributed by atoms with van der Waals surface area (Å²) in [6.07, 6.45) is 10.6. The van der Waals surface area contributed by atoms with Gasteiger partial charge in [0.15, 0.2) is 11.5 Å². The number of ether oxygens (including phenoxy) is 1. The summed E-state index contributed by atoms with van der Waals surface area (Å²) in [5.74, 6) is 1.68. The van der Waals surface area contributed by atoms with E-state index < -0.39 is 0 Å². The fourth-order valence-electron chi connectivity index (χ4n) is 9.23. The summed E-state index contributed by atoms with van der Waals surface area (Å²) in [6.45, 7) is 0. The van der Waals surface area contributed by atoms with Gasteiger partial charge in [-0.25, -0.2) is 0 Å². The first-order chi connectivity index (χ1) is 28.8. The summed E-state index contributed by atoms with van der Waals surface area (Å²) < 4.78 is 11.2. The number of hydrogen-bond acceptors (Lipinski definition) is 3. The van der Waals surface area contributed by atoms with E-state index in [1.807, 2.05) is 36.7 Å². The molecule has 3 aromatic heterocycles. The molecule has 0 fully saturated rings. The summed E-state index contributed by atoms with van der Waals surface area (Å²) in [6, 6.07) is 60.8. The highest BCUT2D eigenvalue weighted by molar-refractivity contribution is 6.09. The number of benzene rings is 7. The normalized spacial score (nSPS) is 13.1. The largest absolute Gasteiger partial charge is 0.453 e. The van der Waals surface area contributed by atoms with Crippen molar-refractivity contribution >= 4 is 55.8 Å². The number of anilines is 3. The van der Waals surface area contributed by atoms with Crippen LogP contribution in [0.15, 0.2) is 188 Å². The van der Waals surface area contributed by atoms with E-state index in [1.54, 1.807) is 0 Å². The molecule has 274 valence electrons. The van der Waals surface area contributed by atoms with Crippen molar-refractivity contribution < 1.29 is 4.74 Å². The number of aromatic nitrogens is 3. The molecule has 0 unspecified atom stereocenters. The molecule has 0 spiro atoms. The molecule has 0 saturated heterocycles. The van der Waals surface area contributed by atoms with Crippen molar-refractivity contribution in [2.24, 2.45) is 0 Å². The number of rotatable bonds is 5. The van der Waals surface area contributed by atoms with Crippen molar-refractivity contribution in [1.29, 1.82) is 0 Å². The van der Waals surface area contributed by atoms with Crippen LogP contribution in [0.1, 0.15) is 17.7 Å². The monoisotopic (exact) mass is 744 g/mol. The van der Waals surface area contributed by atoms with Crippen molar-refractivity contribution in [3.63, 3.8) is 0 Å². The van der Waals surface area contributed by atoms with Crippen LogP contribution in [0.4, 0.5) is 17.1 Å². The number of nitrogens with zero attached hydrogens (tertiary/aromatic N) is 4. The molecule has 5 heteroatoms. The zero-order valence-electron chi connectivity index (χ0n) is 31.6. The highest BCUT2D eigenvalue weighted by Gasteiger charge is 2.25. The Balaban J connectivity index is 1.02. The van der Waals surface area contributed by atoms with Gasteiger partial charge in [0.05, 0.1) is 27.9 Å². The minimum absolute atomic E-state index is 0.842. The lowest BCUT2D eigenvalue weighted by Gasteiger charge is -2.32. The molecule has 12 rings (SSSR count). The number of allylic oxidation sites excluding steroid dienone is 1. The van der Waals surface area contributed by atoms with Gasteiger partial charge in [-0.05, 0) is 103 Å². The molecule has 5 nitrogen and oxygen atoms in total. The molecule has 2 aliphatic rings. The molecule has 4 heterocycles. The van der Waals surface area contributed by atoms with Crippen LogP contribution in [-0.2, 0) is 6.42 Å². The molecule has 0 bridgehead atoms. The average Bonchev–Trinajstić information content (AvgIpc) is 3.81. The molecule has 0 saturated carbocycles. The summed E-state index contributed by atoms with van der Waals surface area (Å²) in [5.41, 5.74) is 16.0. The molecule has 0 amide bonds. The second-order valence-electron chi connectivity index (χ2n) is 15.1. The molecule has 7 aromatic carbocycles. The molecule has 0 atom stereocenters. The van der Waals surface area contributed by atoms with E-state index in [0.717, 1.165) is 75.0 Å². The first-order valence-electron chi connectivity index (χ1n) is 19.9. The lowest BCUT2D eigenvalue weighted by atomic mass is 10.00. The Morgan fingerprint density at radius 3 is 1.67 bits per heavy atom. The van der Waals surface area contributed by atoms with Crippen LogP contribution in [-0.4, -0.2) is 14.1 Å². The smallest absolute Gasteiger partial charge is 0.151 e. The Bertz CT molecular complexity index is 3180. The van der Waals surface area contributed by atoms with Crippen LogP contribution in [0.2, 0.25) is 0 Å². The van der Waals surface area contributed by atoms with Gasteiger partial charge < -0.3 is 18.8 Å². The molecular formula is C53H36N4O. The van der Waals surface area contributed by atoms with E-state index in [9.17, 15) is 0 Å². The van der Waals surface area contributed by atoms with E-state index in [1.165, 1.54) is 44.0 Å². The van der Waals surface area contributed by atoms with Gasteiger partial charge in [0, 0.05) is 68.0 Å². The second kappa shape index (κ2) is 13.0. The molecule has 1 aliphatic heterocycles. The third-order valence-electron chi connectivity index (χ3n) is 11.8. The van der Waals surface area contributed by atoms with Gasteiger partial charge in [0.1, 0.15) is 0 Å². The van der Waals surface area contributed by atoms with Crippen LogP contribution in [0, 0.1) is 0 Å². The van der Waals surface area contributed by atoms with Gasteiger partial charge >= 0.3 is 0 Å². The van der Waals surface area contributed by atoms with Crippen molar-refractivity contribution in [3.05, 3.63) is 200 Å². The quantitative estimate of drug-likeness (QED) is 0.176. The fraction of sp³-hybridized carbons (Fsp3) is 0.0377. The number of hydrogen-bond donors (Lipinski definition) is 0. The molecular weight excluding hydrogens is 709 g/mol. The summed E-state index contributed by atoms with van der Waals surface area (Å²) in [4.78, 5) is 7.14. The zero-order chi connectivity index (χ0) is 38.2. The molecule has 58 heavy (non-hydrogen) atoms. The van der Waals surface area contributed by atoms with Crippen molar-refractivity contribution in [1.82, 2.24) is 14.1 Å².